The Kier molecular flexibility index (Phi) is 106. The molecule has 0 aromatic heterocycles. The minimum absolute atomic E-state index is 0. The smallest absolute Gasteiger partial charge is 1.00 e. The van der Waals surface area contributed by atoms with E-state index in [0.717, 1.165) is 38.5 Å². The van der Waals surface area contributed by atoms with Gasteiger partial charge in [0, 0.05) is 19.3 Å². The van der Waals surface area contributed by atoms with Crippen LogP contribution in [-0.4, -0.2) is 33.2 Å². The van der Waals surface area contributed by atoms with Gasteiger partial charge < -0.3 is 21.0 Å². The van der Waals surface area contributed by atoms with Gasteiger partial charge in [0.1, 0.15) is 0 Å². The van der Waals surface area contributed by atoms with Crippen LogP contribution in [0.5, 0.6) is 0 Å². The van der Waals surface area contributed by atoms with E-state index in [1.54, 1.807) is 0 Å². The molecule has 3 N–H and O–H groups in total. The zero-order valence-electron chi connectivity index (χ0n) is 51.8. The molecule has 6 nitrogen and oxygen atoms in total. The first-order valence-corrected chi connectivity index (χ1v) is 29.0. The first-order chi connectivity index (χ1) is 31.3. The number of hydrogen-bond donors (Lipinski definition) is 3. The Labute approximate surface area is 602 Å². The summed E-state index contributed by atoms with van der Waals surface area (Å²) >= 11 is 0. The number of rotatable bonds is 52. The van der Waals surface area contributed by atoms with Gasteiger partial charge >= 0.3 is 223 Å². The molecule has 0 bridgehead atoms. The molecule has 0 rings (SSSR count). The number of carbonyl (C=O) groups is 3. The van der Waals surface area contributed by atoms with Crippen LogP contribution in [0.25, 0.3) is 0 Å². The zero-order chi connectivity index (χ0) is 47.5. The maximum absolute atomic E-state index is 10.4. The molecule has 0 spiro atoms. The van der Waals surface area contributed by atoms with Gasteiger partial charge in [-0.25, -0.2) is 0 Å². The second kappa shape index (κ2) is 83.3. The van der Waals surface area contributed by atoms with Crippen molar-refractivity contribution < 1.29 is 241 Å². The third kappa shape index (κ3) is 96.6. The molecule has 0 fully saturated rings. The molecule has 0 aliphatic heterocycles. The van der Waals surface area contributed by atoms with Crippen LogP contribution < -0.4 is 206 Å². The summed E-state index contributed by atoms with van der Waals surface area (Å²) in [6.45, 7) is 6.82. The van der Waals surface area contributed by atoms with Gasteiger partial charge in [-0.2, -0.15) is 0 Å². The molecule has 0 heterocycles. The van der Waals surface area contributed by atoms with Gasteiger partial charge in [0.25, 0.3) is 0 Å². The second-order valence-corrected chi connectivity index (χ2v) is 19.7. The summed E-state index contributed by atoms with van der Waals surface area (Å²) < 4.78 is 0. The average molecular weight is 1070 g/mol. The van der Waals surface area contributed by atoms with Gasteiger partial charge in [-0.15, -0.1) is 0 Å². The van der Waals surface area contributed by atoms with Gasteiger partial charge in [-0.05, 0) is 19.3 Å². The van der Waals surface area contributed by atoms with Crippen LogP contribution in [0.3, 0.4) is 0 Å². The molecule has 0 aliphatic rings. The molecule has 0 amide bonds. The van der Waals surface area contributed by atoms with Crippen molar-refractivity contribution in [2.75, 3.05) is 0 Å². The summed E-state index contributed by atoms with van der Waals surface area (Å²) in [5.74, 6) is -1.96. The van der Waals surface area contributed by atoms with E-state index in [1.165, 1.54) is 276 Å². The number of carboxylic acid groups (broad SMARTS) is 3. The zero-order valence-corrected chi connectivity index (χ0v) is 60.3. The van der Waals surface area contributed by atoms with Gasteiger partial charge in [-0.1, -0.05) is 316 Å². The van der Waals surface area contributed by atoms with Gasteiger partial charge in [0.05, 0.1) is 0 Å². The number of hydrogen-bond acceptors (Lipinski definition) is 3. The van der Waals surface area contributed by atoms with Crippen molar-refractivity contribution in [3.8, 4) is 0 Å². The maximum atomic E-state index is 10.4. The average Bonchev–Trinajstić information content (AvgIpc) is 3.27. The monoisotopic (exact) mass is 1070 g/mol. The number of unbranched alkanes of at least 4 members (excludes halogenated alkanes) is 46. The Hall–Kier alpha value is 4.96. The van der Waals surface area contributed by atoms with Crippen LogP contribution in [0.2, 0.25) is 0 Å². The summed E-state index contributed by atoms with van der Waals surface area (Å²) in [7, 11) is 0. The predicted molar refractivity (Wildman–Crippen MR) is 284 cm³/mol. The van der Waals surface area contributed by atoms with Crippen molar-refractivity contribution in [3.63, 3.8) is 0 Å². The predicted octanol–water partition coefficient (Wildman–Crippen LogP) is 9.02. The molecule has 392 valence electrons. The van der Waals surface area contributed by atoms with Gasteiger partial charge in [0.15, 0.2) is 0 Å². The molecule has 0 atom stereocenters. The fourth-order valence-corrected chi connectivity index (χ4v) is 8.65. The first-order valence-electron chi connectivity index (χ1n) is 29.0. The normalized spacial score (nSPS) is 10.3. The Balaban J connectivity index is -0.0000000820. The molecule has 0 saturated heterocycles. The molecule has 0 aliphatic carbocycles. The summed E-state index contributed by atoms with van der Waals surface area (Å²) in [4.78, 5) is 31.0. The van der Waals surface area contributed by atoms with Gasteiger partial charge in [-0.3, -0.25) is 14.4 Å². The summed E-state index contributed by atoms with van der Waals surface area (Å²) in [5, 5.41) is 25.6. The van der Waals surface area contributed by atoms with E-state index in [4.69, 9.17) is 15.3 Å². The van der Waals surface area contributed by atoms with Crippen LogP contribution in [0.15, 0.2) is 0 Å². The third-order valence-corrected chi connectivity index (χ3v) is 13.0. The Morgan fingerprint density at radius 3 is 0.382 bits per heavy atom. The fraction of sp³-hybridized carbons (Fsp3) is 0.948. The molecule has 0 aromatic carbocycles. The van der Waals surface area contributed by atoms with E-state index in [9.17, 15) is 14.4 Å². The molecule has 0 aromatic rings. The van der Waals surface area contributed by atoms with Crippen LogP contribution in [0.1, 0.15) is 360 Å². The maximum Gasteiger partial charge on any atom is 1.00 e. The minimum atomic E-state index is -0.653. The van der Waals surface area contributed by atoms with Crippen molar-refractivity contribution in [1.82, 2.24) is 0 Å². The van der Waals surface area contributed by atoms with Crippen molar-refractivity contribution >= 4 is 17.9 Å². The first kappa shape index (κ1) is 86.8. The number of carboxylic acids is 3. The van der Waals surface area contributed by atoms with Crippen molar-refractivity contribution in [2.24, 2.45) is 0 Å². The molecule has 0 radical (unpaired) electrons. The molecule has 10 heteroatoms. The SMILES string of the molecule is CCCCCCCCCCCCCCCCCC(=O)O.CCCCCCCCCCCCCCCCCC(=O)O.CCCCCCCCCCCCCCCCCCCCCC(=O)O.[H-].[H-].[H-].[H-].[K+].[K+].[K+].[K+]. The third-order valence-electron chi connectivity index (χ3n) is 13.0. The quantitative estimate of drug-likeness (QED) is 0.0415. The van der Waals surface area contributed by atoms with E-state index in [2.05, 4.69) is 20.8 Å². The van der Waals surface area contributed by atoms with Crippen LogP contribution in [0, 0.1) is 0 Å². The second-order valence-electron chi connectivity index (χ2n) is 19.7. The van der Waals surface area contributed by atoms with Crippen LogP contribution in [0.4, 0.5) is 0 Å². The van der Waals surface area contributed by atoms with Crippen LogP contribution >= 0.6 is 0 Å². The summed E-state index contributed by atoms with van der Waals surface area (Å²) in [6, 6.07) is 0. The Morgan fingerprint density at radius 2 is 0.294 bits per heavy atom. The molecular weight excluding hydrogens is 949 g/mol. The Morgan fingerprint density at radius 1 is 0.206 bits per heavy atom. The summed E-state index contributed by atoms with van der Waals surface area (Å²) in [6.07, 6.45) is 66.5. The molecular formula is C58H120K4O6. The van der Waals surface area contributed by atoms with Crippen molar-refractivity contribution in [3.05, 3.63) is 0 Å². The van der Waals surface area contributed by atoms with Crippen molar-refractivity contribution in [1.29, 1.82) is 0 Å². The molecule has 0 saturated carbocycles. The Bertz CT molecular complexity index is 875. The minimum Gasteiger partial charge on any atom is -1.00 e. The fourth-order valence-electron chi connectivity index (χ4n) is 8.65. The van der Waals surface area contributed by atoms with E-state index < -0.39 is 17.9 Å². The van der Waals surface area contributed by atoms with E-state index in [-0.39, 0.29) is 211 Å². The molecule has 68 heavy (non-hydrogen) atoms. The largest absolute Gasteiger partial charge is 1.00 e. The topological polar surface area (TPSA) is 112 Å². The molecule has 0 unspecified atom stereocenters. The van der Waals surface area contributed by atoms with Crippen molar-refractivity contribution in [2.45, 2.75) is 355 Å². The van der Waals surface area contributed by atoms with E-state index in [0.29, 0.717) is 19.3 Å². The van der Waals surface area contributed by atoms with E-state index >= 15 is 0 Å². The van der Waals surface area contributed by atoms with Gasteiger partial charge in [0.2, 0.25) is 0 Å². The number of aliphatic carboxylic acids is 3. The standard InChI is InChI=1S/C22H44O2.2C18H36O2.4K.4H/c1-2-3-4-5-6-7-8-9-10-11-12-13-14-15-16-17-18-19-20-21-22(23)24;2*1-2-3-4-5-6-7-8-9-10-11-12-13-14-15-16-17-18(19)20;;;;;;;;/h2-21H2,1H3,(H,23,24);2*2-17H2,1H3,(H,19,20);;;;;;;;/q;;;4*+1;4*-1. The van der Waals surface area contributed by atoms with Crippen LogP contribution in [-0.2, 0) is 14.4 Å². The summed E-state index contributed by atoms with van der Waals surface area (Å²) in [5.41, 5.74) is 0. The van der Waals surface area contributed by atoms with E-state index in [1.807, 2.05) is 0 Å².